The third-order valence-corrected chi connectivity index (χ3v) is 4.24. The van der Waals surface area contributed by atoms with Crippen molar-refractivity contribution in [1.29, 1.82) is 0 Å². The fourth-order valence-corrected chi connectivity index (χ4v) is 2.68. The van der Waals surface area contributed by atoms with Gasteiger partial charge in [0.25, 0.3) is 0 Å². The lowest BCUT2D eigenvalue weighted by Crippen LogP contribution is -2.36. The topological polar surface area (TPSA) is 24.1 Å². The third-order valence-electron chi connectivity index (χ3n) is 3.43. The van der Waals surface area contributed by atoms with Crippen LogP contribution in [-0.4, -0.2) is 19.1 Å². The molecule has 94 valence electrons. The third kappa shape index (κ3) is 3.27. The number of piperidine rings is 1. The van der Waals surface area contributed by atoms with Crippen molar-refractivity contribution in [3.05, 3.63) is 28.2 Å². The van der Waals surface area contributed by atoms with Crippen LogP contribution in [0.15, 0.2) is 18.2 Å². The highest BCUT2D eigenvalue weighted by Crippen LogP contribution is 2.31. The zero-order valence-corrected chi connectivity index (χ0v) is 11.5. The molecule has 0 spiro atoms. The van der Waals surface area contributed by atoms with Crippen molar-refractivity contribution in [2.75, 3.05) is 18.4 Å². The summed E-state index contributed by atoms with van der Waals surface area (Å²) in [5.41, 5.74) is 0.935. The average molecular weight is 273 g/mol. The van der Waals surface area contributed by atoms with E-state index in [1.54, 1.807) is 0 Å². The summed E-state index contributed by atoms with van der Waals surface area (Å²) in [5, 5.41) is 8.08. The number of anilines is 1. The highest BCUT2D eigenvalue weighted by Gasteiger charge is 2.20. The Morgan fingerprint density at radius 3 is 2.71 bits per heavy atom. The van der Waals surface area contributed by atoms with E-state index >= 15 is 0 Å². The quantitative estimate of drug-likeness (QED) is 0.875. The van der Waals surface area contributed by atoms with E-state index in [9.17, 15) is 0 Å². The second-order valence-electron chi connectivity index (χ2n) is 4.62. The fraction of sp³-hybridized carbons (Fsp3) is 0.538. The number of rotatable bonds is 3. The number of benzene rings is 1. The first-order chi connectivity index (χ1) is 8.18. The molecule has 0 radical (unpaired) electrons. The Kier molecular flexibility index (Phi) is 4.55. The van der Waals surface area contributed by atoms with Gasteiger partial charge in [-0.15, -0.1) is 0 Å². The predicted molar refractivity (Wildman–Crippen MR) is 75.1 cm³/mol. The lowest BCUT2D eigenvalue weighted by molar-refractivity contribution is 0.343. The van der Waals surface area contributed by atoms with Crippen LogP contribution in [0.5, 0.6) is 0 Å². The molecule has 1 atom stereocenters. The molecule has 0 saturated carbocycles. The Labute approximate surface area is 113 Å². The molecule has 2 rings (SSSR count). The van der Waals surface area contributed by atoms with Crippen molar-refractivity contribution in [3.63, 3.8) is 0 Å². The Bertz CT molecular complexity index is 376. The van der Waals surface area contributed by atoms with Crippen molar-refractivity contribution in [2.45, 2.75) is 25.8 Å². The van der Waals surface area contributed by atoms with Crippen molar-refractivity contribution < 1.29 is 0 Å². The summed E-state index contributed by atoms with van der Waals surface area (Å²) in [6.45, 7) is 4.44. The van der Waals surface area contributed by atoms with Crippen LogP contribution < -0.4 is 10.6 Å². The van der Waals surface area contributed by atoms with Crippen LogP contribution in [0, 0.1) is 5.92 Å². The molecule has 17 heavy (non-hydrogen) atoms. The average Bonchev–Trinajstić information content (AvgIpc) is 2.36. The van der Waals surface area contributed by atoms with Gasteiger partial charge in [0, 0.05) is 6.04 Å². The van der Waals surface area contributed by atoms with Gasteiger partial charge in [-0.2, -0.15) is 0 Å². The SMILES string of the molecule is CC(Nc1cccc(Cl)c1Cl)C1CCNCC1. The van der Waals surface area contributed by atoms with Gasteiger partial charge in [0.05, 0.1) is 15.7 Å². The first-order valence-corrected chi connectivity index (χ1v) is 6.85. The van der Waals surface area contributed by atoms with E-state index < -0.39 is 0 Å². The molecule has 4 heteroatoms. The van der Waals surface area contributed by atoms with E-state index in [0.29, 0.717) is 22.0 Å². The summed E-state index contributed by atoms with van der Waals surface area (Å²) in [4.78, 5) is 0. The summed E-state index contributed by atoms with van der Waals surface area (Å²) in [7, 11) is 0. The largest absolute Gasteiger partial charge is 0.381 e. The van der Waals surface area contributed by atoms with E-state index in [0.717, 1.165) is 18.8 Å². The molecule has 0 amide bonds. The van der Waals surface area contributed by atoms with Crippen LogP contribution in [0.3, 0.4) is 0 Å². The maximum atomic E-state index is 6.17. The molecule has 1 unspecified atom stereocenters. The van der Waals surface area contributed by atoms with Gasteiger partial charge in [-0.1, -0.05) is 29.3 Å². The van der Waals surface area contributed by atoms with Gasteiger partial charge >= 0.3 is 0 Å². The molecule has 2 nitrogen and oxygen atoms in total. The van der Waals surface area contributed by atoms with E-state index in [4.69, 9.17) is 23.2 Å². The van der Waals surface area contributed by atoms with Crippen LogP contribution in [0.2, 0.25) is 10.0 Å². The molecule has 0 bridgehead atoms. The smallest absolute Gasteiger partial charge is 0.0823 e. The van der Waals surface area contributed by atoms with E-state index in [1.165, 1.54) is 12.8 Å². The molecular weight excluding hydrogens is 255 g/mol. The Morgan fingerprint density at radius 1 is 1.29 bits per heavy atom. The van der Waals surface area contributed by atoms with E-state index in [1.807, 2.05) is 18.2 Å². The Balaban J connectivity index is 2.01. The monoisotopic (exact) mass is 272 g/mol. The van der Waals surface area contributed by atoms with Crippen LogP contribution >= 0.6 is 23.2 Å². The fourth-order valence-electron chi connectivity index (χ4n) is 2.32. The van der Waals surface area contributed by atoms with Crippen molar-refractivity contribution in [2.24, 2.45) is 5.92 Å². The molecular formula is C13H18Cl2N2. The molecule has 1 fully saturated rings. The normalized spacial score (nSPS) is 19.0. The summed E-state index contributed by atoms with van der Waals surface area (Å²) in [6, 6.07) is 6.13. The lowest BCUT2D eigenvalue weighted by Gasteiger charge is -2.29. The second-order valence-corrected chi connectivity index (χ2v) is 5.41. The van der Waals surface area contributed by atoms with Gasteiger partial charge in [0.2, 0.25) is 0 Å². The summed E-state index contributed by atoms with van der Waals surface area (Å²) >= 11 is 12.2. The maximum Gasteiger partial charge on any atom is 0.0823 e. The molecule has 2 N–H and O–H groups in total. The van der Waals surface area contributed by atoms with Gasteiger partial charge in [-0.25, -0.2) is 0 Å². The van der Waals surface area contributed by atoms with Gasteiger partial charge in [0.15, 0.2) is 0 Å². The molecule has 1 heterocycles. The van der Waals surface area contributed by atoms with Crippen LogP contribution in [0.4, 0.5) is 5.69 Å². The van der Waals surface area contributed by atoms with Gasteiger partial charge in [-0.05, 0) is 50.9 Å². The van der Waals surface area contributed by atoms with E-state index in [2.05, 4.69) is 17.6 Å². The highest BCUT2D eigenvalue weighted by atomic mass is 35.5. The summed E-state index contributed by atoms with van der Waals surface area (Å²) in [5.74, 6) is 0.700. The number of hydrogen-bond acceptors (Lipinski definition) is 2. The first-order valence-electron chi connectivity index (χ1n) is 6.09. The summed E-state index contributed by atoms with van der Waals surface area (Å²) in [6.07, 6.45) is 2.43. The standard InChI is InChI=1S/C13H18Cl2N2/c1-9(10-5-7-16-8-6-10)17-12-4-2-3-11(14)13(12)15/h2-4,9-10,16-17H,5-8H2,1H3. The minimum Gasteiger partial charge on any atom is -0.381 e. The van der Waals surface area contributed by atoms with E-state index in [-0.39, 0.29) is 0 Å². The Hall–Kier alpha value is -0.440. The lowest BCUT2D eigenvalue weighted by atomic mass is 9.91. The number of halogens is 2. The van der Waals surface area contributed by atoms with Gasteiger partial charge < -0.3 is 10.6 Å². The molecule has 0 aromatic heterocycles. The van der Waals surface area contributed by atoms with Crippen molar-refractivity contribution >= 4 is 28.9 Å². The van der Waals surface area contributed by atoms with Gasteiger partial charge in [-0.3, -0.25) is 0 Å². The Morgan fingerprint density at radius 2 is 2.00 bits per heavy atom. The predicted octanol–water partition coefficient (Wildman–Crippen LogP) is 3.79. The van der Waals surface area contributed by atoms with Crippen LogP contribution in [0.25, 0.3) is 0 Å². The molecule has 1 aliphatic heterocycles. The van der Waals surface area contributed by atoms with Crippen LogP contribution in [-0.2, 0) is 0 Å². The minimum absolute atomic E-state index is 0.424. The number of hydrogen-bond donors (Lipinski definition) is 2. The zero-order chi connectivity index (χ0) is 12.3. The molecule has 1 aromatic carbocycles. The molecule has 1 aliphatic rings. The second kappa shape index (κ2) is 5.94. The number of nitrogens with one attached hydrogen (secondary N) is 2. The van der Waals surface area contributed by atoms with Crippen molar-refractivity contribution in [3.8, 4) is 0 Å². The zero-order valence-electron chi connectivity index (χ0n) is 9.97. The van der Waals surface area contributed by atoms with Crippen molar-refractivity contribution in [1.82, 2.24) is 5.32 Å². The molecule has 0 aliphatic carbocycles. The highest BCUT2D eigenvalue weighted by molar-refractivity contribution is 6.43. The van der Waals surface area contributed by atoms with Gasteiger partial charge in [0.1, 0.15) is 0 Å². The summed E-state index contributed by atoms with van der Waals surface area (Å²) < 4.78 is 0. The maximum absolute atomic E-state index is 6.17. The van der Waals surface area contributed by atoms with Crippen LogP contribution in [0.1, 0.15) is 19.8 Å². The first kappa shape index (κ1) is 13.0. The minimum atomic E-state index is 0.424. The molecule has 1 saturated heterocycles. The molecule has 1 aromatic rings.